The van der Waals surface area contributed by atoms with Gasteiger partial charge in [-0.15, -0.1) is 18.2 Å². The molecule has 3 amide bonds. The Morgan fingerprint density at radius 2 is 2.12 bits per heavy atom. The van der Waals surface area contributed by atoms with Crippen LogP contribution >= 0.6 is 11.6 Å². The van der Waals surface area contributed by atoms with Crippen LogP contribution in [-0.2, 0) is 4.79 Å². The first-order valence-corrected chi connectivity index (χ1v) is 5.16. The maximum Gasteiger partial charge on any atom is 0.348 e. The Balaban J connectivity index is 2.59. The van der Waals surface area contributed by atoms with Crippen LogP contribution in [0.1, 0.15) is 0 Å². The number of nitrogens with one attached hydrogen (secondary N) is 1. The summed E-state index contributed by atoms with van der Waals surface area (Å²) >= 11 is 5.22. The van der Waals surface area contributed by atoms with E-state index in [0.29, 0.717) is 5.71 Å². The molecule has 0 aromatic rings. The minimum atomic E-state index is -0.716. The van der Waals surface area contributed by atoms with Gasteiger partial charge in [-0.25, -0.2) is 4.79 Å². The Bertz CT molecular complexity index is 381. The van der Waals surface area contributed by atoms with Crippen molar-refractivity contribution >= 4 is 29.3 Å². The molecule has 0 atom stereocenters. The highest BCUT2D eigenvalue weighted by Gasteiger charge is 2.06. The number of carbonyl (C=O) groups excluding carboxylic acids is 2. The molecule has 0 aromatic heterocycles. The Hall–Kier alpha value is -1.68. The first kappa shape index (κ1) is 12.4. The SMILES string of the molecule is C=CC1C=CC(=NC(=O)NC(=O)CCl)C=C1. The summed E-state index contributed by atoms with van der Waals surface area (Å²) in [6, 6.07) is -0.716. The van der Waals surface area contributed by atoms with Gasteiger partial charge in [0, 0.05) is 5.92 Å². The molecule has 1 aliphatic rings. The lowest BCUT2D eigenvalue weighted by molar-refractivity contribution is -0.117. The highest BCUT2D eigenvalue weighted by Crippen LogP contribution is 2.08. The first-order valence-electron chi connectivity index (χ1n) is 4.63. The van der Waals surface area contributed by atoms with E-state index < -0.39 is 11.9 Å². The van der Waals surface area contributed by atoms with E-state index in [1.807, 2.05) is 17.5 Å². The van der Waals surface area contributed by atoms with Crippen molar-refractivity contribution in [3.05, 3.63) is 37.0 Å². The lowest BCUT2D eigenvalue weighted by atomic mass is 10.0. The molecule has 0 spiro atoms. The van der Waals surface area contributed by atoms with Crippen molar-refractivity contribution in [3.63, 3.8) is 0 Å². The Morgan fingerprint density at radius 1 is 1.50 bits per heavy atom. The number of hydrogen-bond donors (Lipinski definition) is 1. The van der Waals surface area contributed by atoms with Crippen molar-refractivity contribution in [2.75, 3.05) is 5.88 Å². The number of halogens is 1. The topological polar surface area (TPSA) is 58.5 Å². The van der Waals surface area contributed by atoms with Gasteiger partial charge in [-0.2, -0.15) is 4.99 Å². The zero-order valence-electron chi connectivity index (χ0n) is 8.52. The van der Waals surface area contributed by atoms with E-state index in [2.05, 4.69) is 11.6 Å². The number of carbonyl (C=O) groups is 2. The minimum absolute atomic E-state index is 0.159. The number of urea groups is 1. The third kappa shape index (κ3) is 3.82. The number of rotatable bonds is 2. The highest BCUT2D eigenvalue weighted by molar-refractivity contribution is 6.28. The molecule has 0 aliphatic heterocycles. The molecule has 5 heteroatoms. The smallest absolute Gasteiger partial charge is 0.275 e. The number of aliphatic imine (C=N–C) groups is 1. The molecule has 0 bridgehead atoms. The van der Waals surface area contributed by atoms with Crippen LogP contribution in [0, 0.1) is 5.92 Å². The number of allylic oxidation sites excluding steroid dienone is 5. The van der Waals surface area contributed by atoms with Crippen LogP contribution in [0.5, 0.6) is 0 Å². The van der Waals surface area contributed by atoms with Gasteiger partial charge in [-0.3, -0.25) is 10.1 Å². The van der Waals surface area contributed by atoms with Crippen molar-refractivity contribution in [1.82, 2.24) is 5.32 Å². The number of nitrogens with zero attached hydrogens (tertiary/aromatic N) is 1. The molecule has 0 aromatic carbocycles. The summed E-state index contributed by atoms with van der Waals surface area (Å²) < 4.78 is 0. The van der Waals surface area contributed by atoms with Gasteiger partial charge in [0.25, 0.3) is 0 Å². The molecule has 0 radical (unpaired) electrons. The molecule has 0 fully saturated rings. The number of amides is 3. The molecule has 16 heavy (non-hydrogen) atoms. The molecule has 1 aliphatic carbocycles. The van der Waals surface area contributed by atoms with Crippen molar-refractivity contribution in [1.29, 1.82) is 0 Å². The van der Waals surface area contributed by atoms with E-state index in [-0.39, 0.29) is 11.8 Å². The summed E-state index contributed by atoms with van der Waals surface area (Å²) in [6.45, 7) is 3.64. The average Bonchev–Trinajstić information content (AvgIpc) is 2.29. The molecule has 4 nitrogen and oxygen atoms in total. The van der Waals surface area contributed by atoms with E-state index >= 15 is 0 Å². The monoisotopic (exact) mass is 238 g/mol. The van der Waals surface area contributed by atoms with Crippen LogP contribution in [0.3, 0.4) is 0 Å². The molecular weight excluding hydrogens is 228 g/mol. The van der Waals surface area contributed by atoms with E-state index in [0.717, 1.165) is 0 Å². The lowest BCUT2D eigenvalue weighted by Crippen LogP contribution is -2.29. The summed E-state index contributed by atoms with van der Waals surface area (Å²) in [6.07, 6.45) is 8.85. The van der Waals surface area contributed by atoms with Gasteiger partial charge in [-0.1, -0.05) is 18.2 Å². The predicted molar refractivity (Wildman–Crippen MR) is 63.7 cm³/mol. The number of hydrogen-bond acceptors (Lipinski definition) is 2. The van der Waals surface area contributed by atoms with Crippen molar-refractivity contribution < 1.29 is 9.59 Å². The third-order valence-corrected chi connectivity index (χ3v) is 2.09. The zero-order chi connectivity index (χ0) is 12.0. The van der Waals surface area contributed by atoms with Gasteiger partial charge in [0.1, 0.15) is 5.88 Å². The van der Waals surface area contributed by atoms with Crippen molar-refractivity contribution in [3.8, 4) is 0 Å². The van der Waals surface area contributed by atoms with Gasteiger partial charge in [0.2, 0.25) is 5.91 Å². The van der Waals surface area contributed by atoms with Crippen molar-refractivity contribution in [2.45, 2.75) is 0 Å². The van der Waals surface area contributed by atoms with Gasteiger partial charge in [-0.05, 0) is 12.2 Å². The van der Waals surface area contributed by atoms with Gasteiger partial charge in [0.05, 0.1) is 5.71 Å². The molecule has 1 N–H and O–H groups in total. The fraction of sp³-hybridized carbons (Fsp3) is 0.182. The van der Waals surface area contributed by atoms with E-state index in [1.165, 1.54) is 0 Å². The van der Waals surface area contributed by atoms with Gasteiger partial charge >= 0.3 is 6.03 Å². The quantitative estimate of drug-likeness (QED) is 0.589. The normalized spacial score (nSPS) is 18.1. The molecule has 1 rings (SSSR count). The predicted octanol–water partition coefficient (Wildman–Crippen LogP) is 1.83. The molecular formula is C11H11ClN2O2. The maximum absolute atomic E-state index is 11.2. The third-order valence-electron chi connectivity index (χ3n) is 1.85. The fourth-order valence-electron chi connectivity index (χ4n) is 1.07. The molecule has 84 valence electrons. The fourth-order valence-corrected chi connectivity index (χ4v) is 1.14. The summed E-state index contributed by atoms with van der Waals surface area (Å²) in [5.41, 5.74) is 0.484. The molecule has 0 saturated heterocycles. The summed E-state index contributed by atoms with van der Waals surface area (Å²) in [4.78, 5) is 25.6. The van der Waals surface area contributed by atoms with E-state index in [1.54, 1.807) is 18.2 Å². The standard InChI is InChI=1S/C11H11ClN2O2/c1-2-8-3-5-9(6-4-8)13-11(16)14-10(15)7-12/h2-6,8H,1,7H2,(H,14,15,16). The largest absolute Gasteiger partial charge is 0.348 e. The molecule has 0 unspecified atom stereocenters. The highest BCUT2D eigenvalue weighted by atomic mass is 35.5. The maximum atomic E-state index is 11.2. The average molecular weight is 239 g/mol. The van der Waals surface area contributed by atoms with Crippen molar-refractivity contribution in [2.24, 2.45) is 10.9 Å². The number of alkyl halides is 1. The zero-order valence-corrected chi connectivity index (χ0v) is 9.28. The second-order valence-corrected chi connectivity index (χ2v) is 3.32. The van der Waals surface area contributed by atoms with Crippen LogP contribution in [-0.4, -0.2) is 23.5 Å². The Labute approximate surface area is 98.4 Å². The molecule has 0 saturated carbocycles. The van der Waals surface area contributed by atoms with Crippen LogP contribution in [0.4, 0.5) is 4.79 Å². The lowest BCUT2D eigenvalue weighted by Gasteiger charge is -2.05. The van der Waals surface area contributed by atoms with Gasteiger partial charge < -0.3 is 0 Å². The number of imide groups is 1. The molecule has 0 heterocycles. The Morgan fingerprint density at radius 3 is 2.62 bits per heavy atom. The van der Waals surface area contributed by atoms with Crippen LogP contribution < -0.4 is 5.32 Å². The second kappa shape index (κ2) is 6.02. The van der Waals surface area contributed by atoms with Crippen LogP contribution in [0.15, 0.2) is 42.0 Å². The first-order chi connectivity index (χ1) is 7.65. The van der Waals surface area contributed by atoms with Crippen LogP contribution in [0.2, 0.25) is 0 Å². The van der Waals surface area contributed by atoms with Gasteiger partial charge in [0.15, 0.2) is 0 Å². The minimum Gasteiger partial charge on any atom is -0.275 e. The summed E-state index contributed by atoms with van der Waals surface area (Å²) in [5, 5.41) is 2.02. The second-order valence-electron chi connectivity index (χ2n) is 3.05. The van der Waals surface area contributed by atoms with E-state index in [9.17, 15) is 9.59 Å². The Kier molecular flexibility index (Phi) is 4.66. The summed E-state index contributed by atoms with van der Waals surface area (Å²) in [5.74, 6) is -0.670. The van der Waals surface area contributed by atoms with Crippen LogP contribution in [0.25, 0.3) is 0 Å². The summed E-state index contributed by atoms with van der Waals surface area (Å²) in [7, 11) is 0. The van der Waals surface area contributed by atoms with E-state index in [4.69, 9.17) is 11.6 Å².